The summed E-state index contributed by atoms with van der Waals surface area (Å²) in [5.41, 5.74) is 1.13. The van der Waals surface area contributed by atoms with E-state index in [4.69, 9.17) is 21.1 Å². The van der Waals surface area contributed by atoms with Crippen molar-refractivity contribution in [2.75, 3.05) is 20.3 Å². The van der Waals surface area contributed by atoms with E-state index >= 15 is 0 Å². The monoisotopic (exact) mass is 267 g/mol. The highest BCUT2D eigenvalue weighted by molar-refractivity contribution is 6.31. The van der Waals surface area contributed by atoms with E-state index in [1.807, 2.05) is 19.2 Å². The summed E-state index contributed by atoms with van der Waals surface area (Å²) in [6.45, 7) is 1.41. The molecule has 0 saturated heterocycles. The minimum absolute atomic E-state index is 0.328. The molecule has 18 heavy (non-hydrogen) atoms. The van der Waals surface area contributed by atoms with Gasteiger partial charge in [0.15, 0.2) is 11.5 Å². The Kier molecular flexibility index (Phi) is 3.35. The zero-order chi connectivity index (χ0) is 12.5. The van der Waals surface area contributed by atoms with E-state index in [0.717, 1.165) is 28.5 Å². The molecule has 0 aromatic heterocycles. The molecule has 3 rings (SSSR count). The van der Waals surface area contributed by atoms with Crippen LogP contribution in [0.1, 0.15) is 30.9 Å². The summed E-state index contributed by atoms with van der Waals surface area (Å²) in [6, 6.07) is 4.27. The molecule has 0 radical (unpaired) electrons. The van der Waals surface area contributed by atoms with Crippen LogP contribution in [0.2, 0.25) is 5.02 Å². The molecule has 98 valence electrons. The predicted octanol–water partition coefficient (Wildman–Crippen LogP) is 3.17. The Labute approximate surface area is 112 Å². The van der Waals surface area contributed by atoms with Gasteiger partial charge in [-0.2, -0.15) is 0 Å². The topological polar surface area (TPSA) is 30.5 Å². The standard InChI is InChI=1S/C14H18ClNO2/c1-16-14(9-3-4-9)10-7-12-13(8-11(10)15)18-6-2-5-17-12/h7-9,14,16H,2-6H2,1H3. The number of fused-ring (bicyclic) bond motifs is 1. The molecule has 1 N–H and O–H groups in total. The smallest absolute Gasteiger partial charge is 0.162 e. The van der Waals surface area contributed by atoms with Gasteiger partial charge in [0.1, 0.15) is 0 Å². The summed E-state index contributed by atoms with van der Waals surface area (Å²) in [5, 5.41) is 4.13. The molecule has 1 aliphatic heterocycles. The largest absolute Gasteiger partial charge is 0.490 e. The summed E-state index contributed by atoms with van der Waals surface area (Å²) >= 11 is 6.38. The van der Waals surface area contributed by atoms with Crippen LogP contribution < -0.4 is 14.8 Å². The van der Waals surface area contributed by atoms with Crippen LogP contribution in [0, 0.1) is 5.92 Å². The SMILES string of the molecule is CNC(c1cc2c(cc1Cl)OCCCO2)C1CC1. The van der Waals surface area contributed by atoms with Crippen molar-refractivity contribution in [1.29, 1.82) is 0 Å². The Hall–Kier alpha value is -0.930. The van der Waals surface area contributed by atoms with Crippen molar-refractivity contribution in [2.24, 2.45) is 5.92 Å². The third kappa shape index (κ3) is 2.29. The van der Waals surface area contributed by atoms with E-state index in [2.05, 4.69) is 5.32 Å². The van der Waals surface area contributed by atoms with Crippen molar-refractivity contribution in [3.8, 4) is 11.5 Å². The van der Waals surface area contributed by atoms with Crippen LogP contribution in [-0.2, 0) is 0 Å². The summed E-state index contributed by atoms with van der Waals surface area (Å²) < 4.78 is 11.4. The van der Waals surface area contributed by atoms with E-state index in [0.29, 0.717) is 25.2 Å². The second kappa shape index (κ2) is 4.98. The molecule has 1 aromatic carbocycles. The van der Waals surface area contributed by atoms with E-state index in [-0.39, 0.29) is 0 Å². The van der Waals surface area contributed by atoms with Crippen molar-refractivity contribution in [1.82, 2.24) is 5.32 Å². The molecule has 3 nitrogen and oxygen atoms in total. The molecule has 0 amide bonds. The molecular formula is C14H18ClNO2. The number of hydrogen-bond acceptors (Lipinski definition) is 3. The normalized spacial score (nSPS) is 20.3. The zero-order valence-corrected chi connectivity index (χ0v) is 11.3. The van der Waals surface area contributed by atoms with Gasteiger partial charge in [-0.3, -0.25) is 0 Å². The predicted molar refractivity (Wildman–Crippen MR) is 71.6 cm³/mol. The molecule has 1 aromatic rings. The van der Waals surface area contributed by atoms with Crippen LogP contribution in [0.4, 0.5) is 0 Å². The first-order chi connectivity index (χ1) is 8.79. The summed E-state index contributed by atoms with van der Waals surface area (Å²) in [4.78, 5) is 0. The molecule has 4 heteroatoms. The lowest BCUT2D eigenvalue weighted by Crippen LogP contribution is -2.18. The number of halogens is 1. The van der Waals surface area contributed by atoms with Crippen molar-refractivity contribution < 1.29 is 9.47 Å². The second-order valence-corrected chi connectivity index (χ2v) is 5.38. The van der Waals surface area contributed by atoms with E-state index in [1.54, 1.807) is 0 Å². The van der Waals surface area contributed by atoms with Gasteiger partial charge in [-0.05, 0) is 37.4 Å². The average molecular weight is 268 g/mol. The third-order valence-electron chi connectivity index (χ3n) is 3.61. The highest BCUT2D eigenvalue weighted by Crippen LogP contribution is 2.45. The lowest BCUT2D eigenvalue weighted by molar-refractivity contribution is 0.297. The Morgan fingerprint density at radius 3 is 2.50 bits per heavy atom. The number of nitrogens with one attached hydrogen (secondary N) is 1. The molecule has 0 spiro atoms. The Balaban J connectivity index is 1.96. The van der Waals surface area contributed by atoms with Crippen LogP contribution >= 0.6 is 11.6 Å². The molecular weight excluding hydrogens is 250 g/mol. The van der Waals surface area contributed by atoms with Gasteiger partial charge in [0.2, 0.25) is 0 Å². The quantitative estimate of drug-likeness (QED) is 0.913. The highest BCUT2D eigenvalue weighted by atomic mass is 35.5. The molecule has 1 fully saturated rings. The maximum Gasteiger partial charge on any atom is 0.162 e. The van der Waals surface area contributed by atoms with Crippen LogP contribution in [-0.4, -0.2) is 20.3 Å². The second-order valence-electron chi connectivity index (χ2n) is 4.97. The van der Waals surface area contributed by atoms with Crippen LogP contribution in [0.15, 0.2) is 12.1 Å². The zero-order valence-electron chi connectivity index (χ0n) is 10.5. The van der Waals surface area contributed by atoms with Crippen LogP contribution in [0.25, 0.3) is 0 Å². The molecule has 1 saturated carbocycles. The Morgan fingerprint density at radius 1 is 1.22 bits per heavy atom. The van der Waals surface area contributed by atoms with Gasteiger partial charge in [0.05, 0.1) is 13.2 Å². The fourth-order valence-corrected chi connectivity index (χ4v) is 2.78. The number of hydrogen-bond donors (Lipinski definition) is 1. The fourth-order valence-electron chi connectivity index (χ4n) is 2.51. The first-order valence-electron chi connectivity index (χ1n) is 6.56. The van der Waals surface area contributed by atoms with Crippen LogP contribution in [0.3, 0.4) is 0 Å². The van der Waals surface area contributed by atoms with E-state index < -0.39 is 0 Å². The van der Waals surface area contributed by atoms with Gasteiger partial charge in [-0.15, -0.1) is 0 Å². The molecule has 1 aliphatic carbocycles. The minimum Gasteiger partial charge on any atom is -0.490 e. The van der Waals surface area contributed by atoms with Crippen molar-refractivity contribution >= 4 is 11.6 Å². The van der Waals surface area contributed by atoms with Crippen molar-refractivity contribution in [3.63, 3.8) is 0 Å². The van der Waals surface area contributed by atoms with E-state index in [1.165, 1.54) is 12.8 Å². The lowest BCUT2D eigenvalue weighted by atomic mass is 10.0. The maximum absolute atomic E-state index is 6.38. The van der Waals surface area contributed by atoms with Gasteiger partial charge in [-0.25, -0.2) is 0 Å². The summed E-state index contributed by atoms with van der Waals surface area (Å²) in [5.74, 6) is 2.30. The first-order valence-corrected chi connectivity index (χ1v) is 6.93. The summed E-state index contributed by atoms with van der Waals surface area (Å²) in [6.07, 6.45) is 3.46. The van der Waals surface area contributed by atoms with Gasteiger partial charge < -0.3 is 14.8 Å². The minimum atomic E-state index is 0.328. The van der Waals surface area contributed by atoms with Crippen LogP contribution in [0.5, 0.6) is 11.5 Å². The molecule has 0 bridgehead atoms. The Bertz CT molecular complexity index is 446. The number of benzene rings is 1. The van der Waals surface area contributed by atoms with Crippen molar-refractivity contribution in [2.45, 2.75) is 25.3 Å². The lowest BCUT2D eigenvalue weighted by Gasteiger charge is -2.19. The van der Waals surface area contributed by atoms with Crippen molar-refractivity contribution in [3.05, 3.63) is 22.7 Å². The highest BCUT2D eigenvalue weighted by Gasteiger charge is 2.33. The maximum atomic E-state index is 6.38. The average Bonchev–Trinajstić information content (AvgIpc) is 3.17. The third-order valence-corrected chi connectivity index (χ3v) is 3.93. The van der Waals surface area contributed by atoms with Gasteiger partial charge in [0, 0.05) is 23.6 Å². The van der Waals surface area contributed by atoms with Gasteiger partial charge >= 0.3 is 0 Å². The molecule has 1 atom stereocenters. The van der Waals surface area contributed by atoms with Gasteiger partial charge in [0.25, 0.3) is 0 Å². The molecule has 1 unspecified atom stereocenters. The first kappa shape index (κ1) is 12.1. The fraction of sp³-hybridized carbons (Fsp3) is 0.571. The Morgan fingerprint density at radius 2 is 1.89 bits per heavy atom. The summed E-state index contributed by atoms with van der Waals surface area (Å²) in [7, 11) is 1.99. The van der Waals surface area contributed by atoms with Gasteiger partial charge in [-0.1, -0.05) is 11.6 Å². The van der Waals surface area contributed by atoms with E-state index in [9.17, 15) is 0 Å². The number of rotatable bonds is 3. The number of ether oxygens (including phenoxy) is 2. The molecule has 1 heterocycles. The molecule has 2 aliphatic rings.